The molecule has 0 spiro atoms. The molecule has 0 heterocycles. The fraction of sp³-hybridized carbons (Fsp3) is 0.647. The van der Waals surface area contributed by atoms with E-state index in [-0.39, 0.29) is 12.1 Å². The standard InChI is InChI=1S/C17H30N2O2/c1-13(2)21-10-9-19(5)12-16(18-4)15-11-14(3)7-8-17(15)20-6/h7-8,11,13,16,18H,9-10,12H2,1-6H3. The molecule has 120 valence electrons. The number of benzene rings is 1. The van der Waals surface area contributed by atoms with E-state index in [4.69, 9.17) is 9.47 Å². The Kier molecular flexibility index (Phi) is 7.72. The van der Waals surface area contributed by atoms with Gasteiger partial charge >= 0.3 is 0 Å². The van der Waals surface area contributed by atoms with E-state index in [0.717, 1.165) is 25.4 Å². The Balaban J connectivity index is 2.68. The van der Waals surface area contributed by atoms with Gasteiger partial charge in [-0.25, -0.2) is 0 Å². The topological polar surface area (TPSA) is 33.7 Å². The van der Waals surface area contributed by atoms with Crippen LogP contribution >= 0.6 is 0 Å². The van der Waals surface area contributed by atoms with E-state index >= 15 is 0 Å². The molecule has 0 radical (unpaired) electrons. The van der Waals surface area contributed by atoms with E-state index in [1.807, 2.05) is 13.1 Å². The van der Waals surface area contributed by atoms with E-state index in [1.54, 1.807) is 7.11 Å². The number of ether oxygens (including phenoxy) is 2. The number of aryl methyl sites for hydroxylation is 1. The van der Waals surface area contributed by atoms with E-state index in [9.17, 15) is 0 Å². The minimum absolute atomic E-state index is 0.240. The molecule has 4 heteroatoms. The van der Waals surface area contributed by atoms with Gasteiger partial charge in [0, 0.05) is 24.7 Å². The Hall–Kier alpha value is -1.10. The number of methoxy groups -OCH3 is 1. The van der Waals surface area contributed by atoms with Crippen molar-refractivity contribution < 1.29 is 9.47 Å². The van der Waals surface area contributed by atoms with Crippen LogP contribution in [0.4, 0.5) is 0 Å². The summed E-state index contributed by atoms with van der Waals surface area (Å²) in [5.41, 5.74) is 2.45. The molecular weight excluding hydrogens is 264 g/mol. The maximum absolute atomic E-state index is 5.61. The first-order valence-corrected chi connectivity index (χ1v) is 7.59. The number of nitrogens with zero attached hydrogens (tertiary/aromatic N) is 1. The zero-order valence-electron chi connectivity index (χ0n) is 14.3. The average molecular weight is 294 g/mol. The highest BCUT2D eigenvalue weighted by molar-refractivity contribution is 5.39. The van der Waals surface area contributed by atoms with Gasteiger partial charge in [0.15, 0.2) is 0 Å². The second-order valence-electron chi connectivity index (χ2n) is 5.77. The largest absolute Gasteiger partial charge is 0.496 e. The summed E-state index contributed by atoms with van der Waals surface area (Å²) in [7, 11) is 5.84. The summed E-state index contributed by atoms with van der Waals surface area (Å²) in [6.45, 7) is 8.83. The Bertz CT molecular complexity index is 421. The number of hydrogen-bond donors (Lipinski definition) is 1. The van der Waals surface area contributed by atoms with Crippen LogP contribution in [-0.2, 0) is 4.74 Å². The van der Waals surface area contributed by atoms with Crippen molar-refractivity contribution in [3.63, 3.8) is 0 Å². The third-order valence-corrected chi connectivity index (χ3v) is 3.53. The predicted octanol–water partition coefficient (Wildman–Crippen LogP) is 2.62. The van der Waals surface area contributed by atoms with E-state index < -0.39 is 0 Å². The fourth-order valence-electron chi connectivity index (χ4n) is 2.32. The van der Waals surface area contributed by atoms with Crippen LogP contribution in [-0.4, -0.2) is 51.9 Å². The fourth-order valence-corrected chi connectivity index (χ4v) is 2.32. The molecule has 1 rings (SSSR count). The van der Waals surface area contributed by atoms with Gasteiger partial charge in [-0.15, -0.1) is 0 Å². The zero-order valence-corrected chi connectivity index (χ0v) is 14.3. The summed E-state index contributed by atoms with van der Waals surface area (Å²) < 4.78 is 11.1. The monoisotopic (exact) mass is 294 g/mol. The van der Waals surface area contributed by atoms with E-state index in [0.29, 0.717) is 0 Å². The predicted molar refractivity (Wildman–Crippen MR) is 88.1 cm³/mol. The Labute approximate surface area is 129 Å². The van der Waals surface area contributed by atoms with Crippen LogP contribution in [0.3, 0.4) is 0 Å². The van der Waals surface area contributed by atoms with Crippen molar-refractivity contribution in [2.45, 2.75) is 32.9 Å². The van der Waals surface area contributed by atoms with Gasteiger partial charge in [0.1, 0.15) is 5.75 Å². The quantitative estimate of drug-likeness (QED) is 0.759. The Morgan fingerprint density at radius 3 is 2.57 bits per heavy atom. The maximum Gasteiger partial charge on any atom is 0.123 e. The molecular formula is C17H30N2O2. The third-order valence-electron chi connectivity index (χ3n) is 3.53. The van der Waals surface area contributed by atoms with Gasteiger partial charge in [-0.05, 0) is 40.9 Å². The second kappa shape index (κ2) is 9.03. The molecule has 1 aromatic rings. The van der Waals surface area contributed by atoms with Crippen LogP contribution in [0, 0.1) is 6.92 Å². The molecule has 1 atom stereocenters. The summed E-state index contributed by atoms with van der Waals surface area (Å²) in [4.78, 5) is 2.28. The van der Waals surface area contributed by atoms with Gasteiger partial charge < -0.3 is 19.7 Å². The third kappa shape index (κ3) is 6.04. The van der Waals surface area contributed by atoms with Crippen molar-refractivity contribution in [2.24, 2.45) is 0 Å². The molecule has 1 N–H and O–H groups in total. The highest BCUT2D eigenvalue weighted by atomic mass is 16.5. The average Bonchev–Trinajstić information content (AvgIpc) is 2.44. The van der Waals surface area contributed by atoms with Crippen molar-refractivity contribution in [1.82, 2.24) is 10.2 Å². The minimum Gasteiger partial charge on any atom is -0.496 e. The molecule has 4 nitrogen and oxygen atoms in total. The molecule has 0 aliphatic rings. The molecule has 1 unspecified atom stereocenters. The molecule has 0 saturated heterocycles. The molecule has 0 bridgehead atoms. The van der Waals surface area contributed by atoms with Crippen molar-refractivity contribution in [1.29, 1.82) is 0 Å². The summed E-state index contributed by atoms with van der Waals surface area (Å²) in [6, 6.07) is 6.55. The Morgan fingerprint density at radius 2 is 2.00 bits per heavy atom. The smallest absolute Gasteiger partial charge is 0.123 e. The van der Waals surface area contributed by atoms with Crippen molar-refractivity contribution in [3.8, 4) is 5.75 Å². The summed E-state index contributed by atoms with van der Waals surface area (Å²) in [5, 5.41) is 3.39. The first kappa shape index (κ1) is 18.0. The summed E-state index contributed by atoms with van der Waals surface area (Å²) in [5.74, 6) is 0.937. The van der Waals surface area contributed by atoms with Gasteiger partial charge in [0.2, 0.25) is 0 Å². The van der Waals surface area contributed by atoms with Crippen molar-refractivity contribution in [3.05, 3.63) is 29.3 Å². The first-order chi connectivity index (χ1) is 9.97. The van der Waals surface area contributed by atoms with Crippen LogP contribution in [0.1, 0.15) is 31.0 Å². The van der Waals surface area contributed by atoms with E-state index in [2.05, 4.69) is 50.2 Å². The van der Waals surface area contributed by atoms with Crippen LogP contribution < -0.4 is 10.1 Å². The van der Waals surface area contributed by atoms with Crippen LogP contribution in [0.25, 0.3) is 0 Å². The van der Waals surface area contributed by atoms with Crippen LogP contribution in [0.15, 0.2) is 18.2 Å². The molecule has 0 aliphatic heterocycles. The zero-order chi connectivity index (χ0) is 15.8. The second-order valence-corrected chi connectivity index (χ2v) is 5.77. The molecule has 0 saturated carbocycles. The highest BCUT2D eigenvalue weighted by Gasteiger charge is 2.16. The lowest BCUT2D eigenvalue weighted by atomic mass is 10.0. The number of nitrogens with one attached hydrogen (secondary N) is 1. The Morgan fingerprint density at radius 1 is 1.29 bits per heavy atom. The first-order valence-electron chi connectivity index (χ1n) is 7.59. The summed E-state index contributed by atoms with van der Waals surface area (Å²) in [6.07, 6.45) is 0.287. The SMILES string of the molecule is CNC(CN(C)CCOC(C)C)c1cc(C)ccc1OC. The highest BCUT2D eigenvalue weighted by Crippen LogP contribution is 2.26. The molecule has 1 aromatic carbocycles. The van der Waals surface area contributed by atoms with E-state index in [1.165, 1.54) is 11.1 Å². The lowest BCUT2D eigenvalue weighted by Crippen LogP contribution is -2.33. The van der Waals surface area contributed by atoms with Gasteiger partial charge in [0.25, 0.3) is 0 Å². The van der Waals surface area contributed by atoms with Gasteiger partial charge in [-0.3, -0.25) is 0 Å². The number of rotatable bonds is 9. The molecule has 0 fully saturated rings. The van der Waals surface area contributed by atoms with Gasteiger partial charge in [0.05, 0.1) is 19.8 Å². The van der Waals surface area contributed by atoms with Gasteiger partial charge in [-0.2, -0.15) is 0 Å². The van der Waals surface area contributed by atoms with Crippen LogP contribution in [0.2, 0.25) is 0 Å². The number of hydrogen-bond acceptors (Lipinski definition) is 4. The lowest BCUT2D eigenvalue weighted by Gasteiger charge is -2.26. The number of likely N-dealkylation sites (N-methyl/N-ethyl adjacent to an activating group) is 2. The van der Waals surface area contributed by atoms with Crippen molar-refractivity contribution in [2.75, 3.05) is 40.9 Å². The maximum atomic E-state index is 5.61. The van der Waals surface area contributed by atoms with Gasteiger partial charge in [-0.1, -0.05) is 17.7 Å². The molecule has 0 aromatic heterocycles. The van der Waals surface area contributed by atoms with Crippen molar-refractivity contribution >= 4 is 0 Å². The normalized spacial score (nSPS) is 13.0. The summed E-state index contributed by atoms with van der Waals surface area (Å²) >= 11 is 0. The lowest BCUT2D eigenvalue weighted by molar-refractivity contribution is 0.0624. The molecule has 0 amide bonds. The minimum atomic E-state index is 0.240. The molecule has 0 aliphatic carbocycles. The van der Waals surface area contributed by atoms with Crippen LogP contribution in [0.5, 0.6) is 5.75 Å². The molecule has 21 heavy (non-hydrogen) atoms.